The molecule has 1 nitrogen and oxygen atoms in total. The number of hydrogen-bond acceptors (Lipinski definition) is 1. The first-order valence-corrected chi connectivity index (χ1v) is 15.0. The van der Waals surface area contributed by atoms with Gasteiger partial charge in [-0.05, 0) is 77.6 Å². The zero-order valence-electron chi connectivity index (χ0n) is 26.3. The van der Waals surface area contributed by atoms with Crippen LogP contribution in [0, 0.1) is 20.8 Å². The second-order valence-corrected chi connectivity index (χ2v) is 9.16. The highest BCUT2D eigenvalue weighted by Gasteiger charge is 1.99. The van der Waals surface area contributed by atoms with Crippen molar-refractivity contribution in [2.75, 3.05) is 0 Å². The lowest BCUT2D eigenvalue weighted by Crippen LogP contribution is -1.85. The number of rotatable bonds is 3. The van der Waals surface area contributed by atoms with Crippen LogP contribution < -0.4 is 4.74 Å². The van der Waals surface area contributed by atoms with Crippen molar-refractivity contribution in [1.82, 2.24) is 0 Å². The molecule has 6 aromatic carbocycles. The van der Waals surface area contributed by atoms with Gasteiger partial charge in [0.05, 0.1) is 0 Å². The van der Waals surface area contributed by atoms with E-state index in [1.54, 1.807) is 0 Å². The number of benzene rings is 6. The summed E-state index contributed by atoms with van der Waals surface area (Å²) < 4.78 is 5.71. The van der Waals surface area contributed by atoms with E-state index in [4.69, 9.17) is 4.74 Å². The molecule has 0 N–H and O–H groups in total. The summed E-state index contributed by atoms with van der Waals surface area (Å²) in [5.41, 5.74) is 6.44. The summed E-state index contributed by atoms with van der Waals surface area (Å²) in [7, 11) is 0. The molecule has 42 heavy (non-hydrogen) atoms. The van der Waals surface area contributed by atoms with Crippen molar-refractivity contribution >= 4 is 10.8 Å². The fourth-order valence-corrected chi connectivity index (χ4v) is 4.19. The van der Waals surface area contributed by atoms with Crippen LogP contribution in [0.1, 0.15) is 44.4 Å². The van der Waals surface area contributed by atoms with Crippen molar-refractivity contribution in [3.05, 3.63) is 168 Å². The smallest absolute Gasteiger partial charge is 0.130 e. The molecule has 0 heterocycles. The molecule has 0 unspecified atom stereocenters. The molecule has 0 spiro atoms. The fourth-order valence-electron chi connectivity index (χ4n) is 4.19. The molecule has 216 valence electrons. The lowest BCUT2D eigenvalue weighted by atomic mass is 10.0. The largest absolute Gasteiger partial charge is 0.457 e. The third-order valence-corrected chi connectivity index (χ3v) is 6.30. The molecule has 0 aliphatic carbocycles. The number of para-hydroxylation sites is 2. The molecule has 0 aromatic heterocycles. The number of ether oxygens (including phenoxy) is 1. The number of hydrogen-bond donors (Lipinski definition) is 0. The van der Waals surface area contributed by atoms with Gasteiger partial charge in [0.1, 0.15) is 11.5 Å². The van der Waals surface area contributed by atoms with Gasteiger partial charge < -0.3 is 4.74 Å². The molecular formula is C41H46O. The molecule has 0 bridgehead atoms. The molecular weight excluding hydrogens is 508 g/mol. The zero-order valence-corrected chi connectivity index (χ0v) is 26.3. The van der Waals surface area contributed by atoms with Gasteiger partial charge in [0, 0.05) is 0 Å². The Labute approximate surface area is 254 Å². The summed E-state index contributed by atoms with van der Waals surface area (Å²) >= 11 is 0. The van der Waals surface area contributed by atoms with Crippen molar-refractivity contribution in [2.45, 2.75) is 48.5 Å². The van der Waals surface area contributed by atoms with Gasteiger partial charge in [-0.2, -0.15) is 0 Å². The lowest BCUT2D eigenvalue weighted by Gasteiger charge is -2.07. The Morgan fingerprint density at radius 2 is 0.857 bits per heavy atom. The van der Waals surface area contributed by atoms with Gasteiger partial charge >= 0.3 is 0 Å². The molecule has 0 amide bonds. The minimum absolute atomic E-state index is 0.877. The number of aryl methyl sites for hydroxylation is 3. The Bertz CT molecular complexity index is 1550. The molecule has 6 rings (SSSR count). The minimum atomic E-state index is 0.877. The van der Waals surface area contributed by atoms with Crippen LogP contribution >= 0.6 is 0 Å². The van der Waals surface area contributed by atoms with Crippen molar-refractivity contribution in [3.8, 4) is 22.6 Å². The van der Waals surface area contributed by atoms with Crippen molar-refractivity contribution < 1.29 is 4.74 Å². The minimum Gasteiger partial charge on any atom is -0.457 e. The molecule has 0 aliphatic heterocycles. The van der Waals surface area contributed by atoms with Gasteiger partial charge in [-0.25, -0.2) is 0 Å². The monoisotopic (exact) mass is 554 g/mol. The molecule has 6 aromatic rings. The Balaban J connectivity index is 0.000000209. The third-order valence-electron chi connectivity index (χ3n) is 6.30. The maximum absolute atomic E-state index is 5.71. The summed E-state index contributed by atoms with van der Waals surface area (Å²) in [6.45, 7) is 14.3. The van der Waals surface area contributed by atoms with E-state index in [9.17, 15) is 0 Å². The van der Waals surface area contributed by atoms with Crippen LogP contribution in [0.2, 0.25) is 0 Å². The zero-order chi connectivity index (χ0) is 30.6. The Hall–Kier alpha value is -4.62. The van der Waals surface area contributed by atoms with E-state index >= 15 is 0 Å². The summed E-state index contributed by atoms with van der Waals surface area (Å²) in [5, 5.41) is 2.68. The molecule has 0 aliphatic rings. The van der Waals surface area contributed by atoms with E-state index in [2.05, 4.69) is 105 Å². The Morgan fingerprint density at radius 1 is 0.381 bits per heavy atom. The van der Waals surface area contributed by atoms with E-state index in [1.807, 2.05) is 95.3 Å². The average Bonchev–Trinajstić information content (AvgIpc) is 3.06. The molecule has 1 heteroatoms. The van der Waals surface area contributed by atoms with E-state index in [0.717, 1.165) is 17.1 Å². The van der Waals surface area contributed by atoms with E-state index in [-0.39, 0.29) is 0 Å². The first-order valence-electron chi connectivity index (χ1n) is 15.0. The van der Waals surface area contributed by atoms with Crippen molar-refractivity contribution in [3.63, 3.8) is 0 Å². The van der Waals surface area contributed by atoms with Crippen molar-refractivity contribution in [2.24, 2.45) is 0 Å². The van der Waals surface area contributed by atoms with Gasteiger partial charge in [0.25, 0.3) is 0 Å². The van der Waals surface area contributed by atoms with Crippen LogP contribution in [0.3, 0.4) is 0 Å². The van der Waals surface area contributed by atoms with Crippen LogP contribution in [-0.2, 0) is 0 Å². The van der Waals surface area contributed by atoms with Gasteiger partial charge in [-0.3, -0.25) is 0 Å². The van der Waals surface area contributed by atoms with Crippen LogP contribution in [-0.4, -0.2) is 0 Å². The first-order chi connectivity index (χ1) is 20.6. The normalized spacial score (nSPS) is 9.31. The summed E-state index contributed by atoms with van der Waals surface area (Å²) in [6, 6.07) is 51.6. The average molecular weight is 555 g/mol. The topological polar surface area (TPSA) is 9.23 Å². The standard InChI is InChI=1S/C13H12O.C13H12.C11H10.2C2H6/c1-11-7-5-6-10-13(11)14-12-8-3-2-4-9-12;1-11-7-5-6-10-13(11)12-8-3-2-4-9-12;1-9-5-4-7-10-6-2-3-8-11(9)10;2*1-2/h2-10H,1H3;2-10H,1H3;2-8H,1H3;2*1-2H3. The summed E-state index contributed by atoms with van der Waals surface area (Å²) in [5.74, 6) is 1.79. The lowest BCUT2D eigenvalue weighted by molar-refractivity contribution is 0.479. The van der Waals surface area contributed by atoms with Gasteiger partial charge in [0.2, 0.25) is 0 Å². The highest BCUT2D eigenvalue weighted by molar-refractivity contribution is 5.85. The van der Waals surface area contributed by atoms with E-state index in [0.29, 0.717) is 0 Å². The molecule has 0 saturated carbocycles. The maximum Gasteiger partial charge on any atom is 0.130 e. The number of fused-ring (bicyclic) bond motifs is 1. The quantitative estimate of drug-likeness (QED) is 0.211. The predicted molar refractivity (Wildman–Crippen MR) is 186 cm³/mol. The van der Waals surface area contributed by atoms with Gasteiger partial charge in [0.15, 0.2) is 0 Å². The molecule has 0 saturated heterocycles. The van der Waals surface area contributed by atoms with Crippen molar-refractivity contribution in [1.29, 1.82) is 0 Å². The van der Waals surface area contributed by atoms with Crippen LogP contribution in [0.5, 0.6) is 11.5 Å². The third kappa shape index (κ3) is 10.7. The second kappa shape index (κ2) is 19.5. The first kappa shape index (κ1) is 33.6. The SMILES string of the molecule is CC.CC.Cc1cccc2ccccc12.Cc1ccccc1-c1ccccc1.Cc1ccccc1Oc1ccccc1. The van der Waals surface area contributed by atoms with Gasteiger partial charge in [-0.1, -0.05) is 161 Å². The molecule has 0 fully saturated rings. The van der Waals surface area contributed by atoms with E-state index < -0.39 is 0 Å². The Kier molecular flexibility index (Phi) is 15.6. The fraction of sp³-hybridized carbons (Fsp3) is 0.171. The summed E-state index contributed by atoms with van der Waals surface area (Å²) in [4.78, 5) is 0. The van der Waals surface area contributed by atoms with Crippen LogP contribution in [0.4, 0.5) is 0 Å². The van der Waals surface area contributed by atoms with Crippen LogP contribution in [0.15, 0.2) is 152 Å². The molecule has 0 atom stereocenters. The van der Waals surface area contributed by atoms with Crippen LogP contribution in [0.25, 0.3) is 21.9 Å². The predicted octanol–water partition coefficient (Wildman–Crippen LogP) is 12.6. The van der Waals surface area contributed by atoms with E-state index in [1.165, 1.54) is 33.0 Å². The highest BCUT2D eigenvalue weighted by atomic mass is 16.5. The summed E-state index contributed by atoms with van der Waals surface area (Å²) in [6.07, 6.45) is 0. The Morgan fingerprint density at radius 3 is 1.48 bits per heavy atom. The molecule has 0 radical (unpaired) electrons. The maximum atomic E-state index is 5.71. The second-order valence-electron chi connectivity index (χ2n) is 9.16. The van der Waals surface area contributed by atoms with Gasteiger partial charge in [-0.15, -0.1) is 0 Å². The highest BCUT2D eigenvalue weighted by Crippen LogP contribution is 2.24.